The molecule has 0 unspecified atom stereocenters. The molecule has 0 radical (unpaired) electrons. The van der Waals surface area contributed by atoms with Crippen LogP contribution in [0.3, 0.4) is 0 Å². The lowest BCUT2D eigenvalue weighted by molar-refractivity contribution is 0.0970. The maximum atomic E-state index is 12.5. The maximum absolute atomic E-state index is 12.5. The Labute approximate surface area is 149 Å². The van der Waals surface area contributed by atoms with Crippen LogP contribution in [0.25, 0.3) is 0 Å². The molecule has 1 aliphatic rings. The molecule has 6 nitrogen and oxygen atoms in total. The summed E-state index contributed by atoms with van der Waals surface area (Å²) in [6.07, 6.45) is 2.15. The molecule has 3 rings (SSSR count). The highest BCUT2D eigenvalue weighted by atomic mass is 32.1. The number of nitrogens with two attached hydrogens (primary N) is 1. The Morgan fingerprint density at radius 2 is 2.42 bits per heavy atom. The van der Waals surface area contributed by atoms with Gasteiger partial charge in [-0.15, -0.1) is 0 Å². The Bertz CT molecular complexity index is 794. The van der Waals surface area contributed by atoms with E-state index in [9.17, 15) is 4.79 Å². The lowest BCUT2D eigenvalue weighted by Gasteiger charge is -2.12. The predicted molar refractivity (Wildman–Crippen MR) is 97.5 cm³/mol. The summed E-state index contributed by atoms with van der Waals surface area (Å²) in [4.78, 5) is 12.9. The fraction of sp³-hybridized carbons (Fsp3) is 0.375. The molecule has 0 spiro atoms. The van der Waals surface area contributed by atoms with Crippen LogP contribution in [-0.4, -0.2) is 30.3 Å². The second-order valence-corrected chi connectivity index (χ2v) is 7.16. The van der Waals surface area contributed by atoms with Gasteiger partial charge in [-0.25, -0.2) is 0 Å². The molecule has 0 saturated carbocycles. The summed E-state index contributed by atoms with van der Waals surface area (Å²) in [5, 5.41) is 2.83. The third kappa shape index (κ3) is 3.61. The van der Waals surface area contributed by atoms with Crippen molar-refractivity contribution in [3.63, 3.8) is 0 Å². The zero-order valence-electron chi connectivity index (χ0n) is 13.3. The molecule has 1 amide bonds. The van der Waals surface area contributed by atoms with Crippen molar-refractivity contribution in [3.8, 4) is 5.75 Å². The molecule has 1 aliphatic heterocycles. The van der Waals surface area contributed by atoms with Gasteiger partial charge < -0.3 is 25.1 Å². The largest absolute Gasteiger partial charge is 0.497 e. The number of hydrogen-bond donors (Lipinski definition) is 2. The van der Waals surface area contributed by atoms with Gasteiger partial charge in [0.1, 0.15) is 16.4 Å². The van der Waals surface area contributed by atoms with Gasteiger partial charge in [-0.3, -0.25) is 4.79 Å². The van der Waals surface area contributed by atoms with E-state index in [2.05, 4.69) is 5.32 Å². The fourth-order valence-electron chi connectivity index (χ4n) is 2.63. The molecule has 1 aromatic heterocycles. The smallest absolute Gasteiger partial charge is 0.269 e. The topological polar surface area (TPSA) is 78.5 Å². The number of nitrogens with one attached hydrogen (secondary N) is 1. The van der Waals surface area contributed by atoms with Crippen LogP contribution < -0.4 is 15.8 Å². The van der Waals surface area contributed by atoms with E-state index in [0.717, 1.165) is 19.4 Å². The second kappa shape index (κ2) is 7.33. The SMILES string of the molecule is COc1cccc(NC(=O)c2sc(=S)n(C[C@H]3CCCO3)c2N)c1. The van der Waals surface area contributed by atoms with Crippen LogP contribution in [0.1, 0.15) is 22.5 Å². The number of carbonyl (C=O) groups excluding carboxylic acids is 1. The van der Waals surface area contributed by atoms with Crippen LogP contribution in [0, 0.1) is 3.95 Å². The van der Waals surface area contributed by atoms with E-state index in [-0.39, 0.29) is 12.0 Å². The molecule has 2 aromatic rings. The quantitative estimate of drug-likeness (QED) is 0.795. The molecule has 2 heterocycles. The van der Waals surface area contributed by atoms with Crippen molar-refractivity contribution in [1.82, 2.24) is 4.57 Å². The number of benzene rings is 1. The summed E-state index contributed by atoms with van der Waals surface area (Å²) >= 11 is 6.58. The average molecular weight is 365 g/mol. The third-order valence-corrected chi connectivity index (χ3v) is 5.34. The van der Waals surface area contributed by atoms with Crippen molar-refractivity contribution < 1.29 is 14.3 Å². The summed E-state index contributed by atoms with van der Waals surface area (Å²) in [5.74, 6) is 0.785. The Hall–Kier alpha value is -1.90. The first kappa shape index (κ1) is 16.9. The number of ether oxygens (including phenoxy) is 2. The maximum Gasteiger partial charge on any atom is 0.269 e. The first-order valence-corrected chi connectivity index (χ1v) is 8.87. The Balaban J connectivity index is 1.78. The number of carbonyl (C=O) groups is 1. The lowest BCUT2D eigenvalue weighted by Crippen LogP contribution is -2.18. The minimum Gasteiger partial charge on any atom is -0.497 e. The van der Waals surface area contributed by atoms with E-state index < -0.39 is 0 Å². The van der Waals surface area contributed by atoms with Crippen LogP contribution in [0.15, 0.2) is 24.3 Å². The Morgan fingerprint density at radius 1 is 1.58 bits per heavy atom. The van der Waals surface area contributed by atoms with Crippen molar-refractivity contribution in [2.45, 2.75) is 25.5 Å². The second-order valence-electron chi connectivity index (χ2n) is 5.51. The molecule has 1 saturated heterocycles. The van der Waals surface area contributed by atoms with Crippen LogP contribution in [0.5, 0.6) is 5.75 Å². The van der Waals surface area contributed by atoms with Gasteiger partial charge in [0.2, 0.25) is 0 Å². The lowest BCUT2D eigenvalue weighted by atomic mass is 10.2. The van der Waals surface area contributed by atoms with Gasteiger partial charge in [-0.2, -0.15) is 0 Å². The monoisotopic (exact) mass is 365 g/mol. The number of nitrogen functional groups attached to an aromatic ring is 1. The molecule has 3 N–H and O–H groups in total. The molecule has 1 atom stereocenters. The normalized spacial score (nSPS) is 17.0. The van der Waals surface area contributed by atoms with Crippen molar-refractivity contribution in [3.05, 3.63) is 33.1 Å². The van der Waals surface area contributed by atoms with E-state index in [1.807, 2.05) is 12.1 Å². The first-order valence-electron chi connectivity index (χ1n) is 7.64. The molecule has 0 bridgehead atoms. The predicted octanol–water partition coefficient (Wildman–Crippen LogP) is 3.30. The van der Waals surface area contributed by atoms with Gasteiger partial charge in [0.25, 0.3) is 5.91 Å². The van der Waals surface area contributed by atoms with Crippen LogP contribution in [-0.2, 0) is 11.3 Å². The minimum atomic E-state index is -0.275. The van der Waals surface area contributed by atoms with Gasteiger partial charge in [0.15, 0.2) is 3.95 Å². The zero-order chi connectivity index (χ0) is 17.1. The van der Waals surface area contributed by atoms with Crippen molar-refractivity contribution in [2.75, 3.05) is 24.8 Å². The number of amides is 1. The van der Waals surface area contributed by atoms with Crippen LogP contribution >= 0.6 is 23.6 Å². The molecule has 1 aromatic carbocycles. The summed E-state index contributed by atoms with van der Waals surface area (Å²) in [6, 6.07) is 7.16. The van der Waals surface area contributed by atoms with Gasteiger partial charge >= 0.3 is 0 Å². The third-order valence-electron chi connectivity index (χ3n) is 3.88. The average Bonchev–Trinajstić information content (AvgIpc) is 3.18. The highest BCUT2D eigenvalue weighted by Gasteiger charge is 2.22. The molecular formula is C16H19N3O3S2. The highest BCUT2D eigenvalue weighted by molar-refractivity contribution is 7.73. The number of rotatable bonds is 5. The van der Waals surface area contributed by atoms with E-state index >= 15 is 0 Å². The van der Waals surface area contributed by atoms with E-state index in [1.165, 1.54) is 11.3 Å². The number of thiazole rings is 1. The fourth-order valence-corrected chi connectivity index (χ4v) is 3.87. The summed E-state index contributed by atoms with van der Waals surface area (Å²) in [7, 11) is 1.58. The van der Waals surface area contributed by atoms with E-state index in [1.54, 1.807) is 23.8 Å². The number of hydrogen-bond acceptors (Lipinski definition) is 6. The summed E-state index contributed by atoms with van der Waals surface area (Å²) < 4.78 is 13.2. The minimum absolute atomic E-state index is 0.114. The van der Waals surface area contributed by atoms with Gasteiger partial charge in [0, 0.05) is 18.4 Å². The number of aromatic nitrogens is 1. The first-order chi connectivity index (χ1) is 11.6. The van der Waals surface area contributed by atoms with Crippen molar-refractivity contribution >= 4 is 41.0 Å². The Kier molecular flexibility index (Phi) is 5.17. The molecule has 24 heavy (non-hydrogen) atoms. The van der Waals surface area contributed by atoms with Crippen molar-refractivity contribution in [1.29, 1.82) is 0 Å². The molecule has 0 aliphatic carbocycles. The highest BCUT2D eigenvalue weighted by Crippen LogP contribution is 2.26. The molecule has 8 heteroatoms. The molecule has 128 valence electrons. The van der Waals surface area contributed by atoms with Crippen LogP contribution in [0.2, 0.25) is 0 Å². The summed E-state index contributed by atoms with van der Waals surface area (Å²) in [6.45, 7) is 1.36. The number of nitrogens with zero attached hydrogens (tertiary/aromatic N) is 1. The van der Waals surface area contributed by atoms with E-state index in [0.29, 0.717) is 32.6 Å². The molecule has 1 fully saturated rings. The Morgan fingerprint density at radius 3 is 3.12 bits per heavy atom. The number of methoxy groups -OCH3 is 1. The van der Waals surface area contributed by atoms with Gasteiger partial charge in [-0.05, 0) is 37.2 Å². The van der Waals surface area contributed by atoms with Gasteiger partial charge in [-0.1, -0.05) is 17.4 Å². The van der Waals surface area contributed by atoms with E-state index in [4.69, 9.17) is 27.4 Å². The van der Waals surface area contributed by atoms with Crippen molar-refractivity contribution in [2.24, 2.45) is 0 Å². The zero-order valence-corrected chi connectivity index (χ0v) is 14.9. The summed E-state index contributed by atoms with van der Waals surface area (Å²) in [5.41, 5.74) is 6.80. The van der Waals surface area contributed by atoms with Crippen LogP contribution in [0.4, 0.5) is 11.5 Å². The number of anilines is 2. The van der Waals surface area contributed by atoms with Gasteiger partial charge in [0.05, 0.1) is 19.8 Å². The molecular weight excluding hydrogens is 346 g/mol. The standard InChI is InChI=1S/C16H19N3O3S2/c1-21-11-5-2-4-10(8-11)18-15(20)13-14(17)19(16(23)24-13)9-12-6-3-7-22-12/h2,4-5,8,12H,3,6-7,9,17H2,1H3,(H,18,20)/t12-/m1/s1.